The number of aliphatic hydroxyl groups is 1. The van der Waals surface area contributed by atoms with Gasteiger partial charge in [-0.05, 0) is 29.2 Å². The Morgan fingerprint density at radius 1 is 1.33 bits per heavy atom. The molecule has 0 amide bonds. The summed E-state index contributed by atoms with van der Waals surface area (Å²) in [5, 5.41) is 12.2. The van der Waals surface area contributed by atoms with Gasteiger partial charge < -0.3 is 5.11 Å². The molecule has 0 bridgehead atoms. The SMILES string of the molecule is CC(C)c1csc(C=Cc2cccc(CO)c2)n1. The zero-order chi connectivity index (χ0) is 13.0. The Bertz CT molecular complexity index is 543. The van der Waals surface area contributed by atoms with Crippen molar-refractivity contribution in [3.63, 3.8) is 0 Å². The van der Waals surface area contributed by atoms with Crippen molar-refractivity contribution in [3.05, 3.63) is 51.5 Å². The predicted molar refractivity (Wildman–Crippen MR) is 77.5 cm³/mol. The lowest BCUT2D eigenvalue weighted by molar-refractivity contribution is 0.282. The van der Waals surface area contributed by atoms with E-state index in [1.807, 2.05) is 36.4 Å². The molecule has 0 unspecified atom stereocenters. The zero-order valence-corrected chi connectivity index (χ0v) is 11.4. The molecule has 18 heavy (non-hydrogen) atoms. The lowest BCUT2D eigenvalue weighted by Gasteiger charge is -1.97. The second kappa shape index (κ2) is 5.94. The normalized spacial score (nSPS) is 11.6. The van der Waals surface area contributed by atoms with Crippen LogP contribution in [0, 0.1) is 0 Å². The smallest absolute Gasteiger partial charge is 0.116 e. The Hall–Kier alpha value is -1.45. The van der Waals surface area contributed by atoms with Crippen LogP contribution in [0.3, 0.4) is 0 Å². The molecule has 0 aliphatic carbocycles. The van der Waals surface area contributed by atoms with Gasteiger partial charge in [0.2, 0.25) is 0 Å². The van der Waals surface area contributed by atoms with E-state index in [1.54, 1.807) is 11.3 Å². The number of rotatable bonds is 4. The molecule has 0 radical (unpaired) electrons. The summed E-state index contributed by atoms with van der Waals surface area (Å²) in [7, 11) is 0. The largest absolute Gasteiger partial charge is 0.392 e. The summed E-state index contributed by atoms with van der Waals surface area (Å²) >= 11 is 1.66. The van der Waals surface area contributed by atoms with E-state index in [4.69, 9.17) is 5.11 Å². The van der Waals surface area contributed by atoms with Crippen LogP contribution in [-0.2, 0) is 6.61 Å². The number of benzene rings is 1. The maximum atomic E-state index is 9.08. The summed E-state index contributed by atoms with van der Waals surface area (Å²) in [5.41, 5.74) is 3.16. The van der Waals surface area contributed by atoms with Crippen molar-refractivity contribution < 1.29 is 5.11 Å². The fourth-order valence-corrected chi connectivity index (χ4v) is 2.48. The summed E-state index contributed by atoms with van der Waals surface area (Å²) in [5.74, 6) is 0.473. The fourth-order valence-electron chi connectivity index (χ4n) is 1.61. The van der Waals surface area contributed by atoms with Gasteiger partial charge in [0.05, 0.1) is 12.3 Å². The van der Waals surface area contributed by atoms with Gasteiger partial charge in [-0.3, -0.25) is 0 Å². The molecule has 0 aliphatic rings. The third-order valence-corrected chi connectivity index (χ3v) is 3.51. The lowest BCUT2D eigenvalue weighted by atomic mass is 10.1. The monoisotopic (exact) mass is 259 g/mol. The molecular weight excluding hydrogens is 242 g/mol. The van der Waals surface area contributed by atoms with Crippen LogP contribution < -0.4 is 0 Å². The van der Waals surface area contributed by atoms with Gasteiger partial charge in [0.25, 0.3) is 0 Å². The van der Waals surface area contributed by atoms with Gasteiger partial charge in [-0.25, -0.2) is 4.98 Å². The second-order valence-corrected chi connectivity index (χ2v) is 5.39. The van der Waals surface area contributed by atoms with Crippen molar-refractivity contribution in [2.45, 2.75) is 26.4 Å². The molecule has 0 atom stereocenters. The molecule has 1 heterocycles. The van der Waals surface area contributed by atoms with Crippen LogP contribution in [-0.4, -0.2) is 10.1 Å². The number of aromatic nitrogens is 1. The molecule has 0 aliphatic heterocycles. The summed E-state index contributed by atoms with van der Waals surface area (Å²) < 4.78 is 0. The van der Waals surface area contributed by atoms with Crippen LogP contribution in [0.4, 0.5) is 0 Å². The van der Waals surface area contributed by atoms with Crippen LogP contribution in [0.25, 0.3) is 12.2 Å². The Morgan fingerprint density at radius 2 is 2.17 bits per heavy atom. The third-order valence-electron chi connectivity index (χ3n) is 2.68. The highest BCUT2D eigenvalue weighted by Gasteiger charge is 2.02. The zero-order valence-electron chi connectivity index (χ0n) is 10.6. The van der Waals surface area contributed by atoms with E-state index in [9.17, 15) is 0 Å². The lowest BCUT2D eigenvalue weighted by Crippen LogP contribution is -1.86. The molecule has 1 aromatic carbocycles. The van der Waals surface area contributed by atoms with Crippen LogP contribution in [0.1, 0.15) is 41.6 Å². The third kappa shape index (κ3) is 3.28. The van der Waals surface area contributed by atoms with Gasteiger partial charge in [0.15, 0.2) is 0 Å². The summed E-state index contributed by atoms with van der Waals surface area (Å²) in [6.07, 6.45) is 4.05. The van der Waals surface area contributed by atoms with Crippen LogP contribution in [0.5, 0.6) is 0 Å². The molecule has 0 fully saturated rings. The standard InChI is InChI=1S/C15H17NOS/c1-11(2)14-10-18-15(16-14)7-6-12-4-3-5-13(8-12)9-17/h3-8,10-11,17H,9H2,1-2H3. The van der Waals surface area contributed by atoms with E-state index in [-0.39, 0.29) is 6.61 Å². The average Bonchev–Trinajstić information content (AvgIpc) is 2.85. The van der Waals surface area contributed by atoms with Crippen molar-refractivity contribution in [2.24, 2.45) is 0 Å². The molecule has 0 spiro atoms. The van der Waals surface area contributed by atoms with Crippen molar-refractivity contribution >= 4 is 23.5 Å². The van der Waals surface area contributed by atoms with Gasteiger partial charge in [-0.1, -0.05) is 38.1 Å². The van der Waals surface area contributed by atoms with Crippen LogP contribution >= 0.6 is 11.3 Å². The first-order chi connectivity index (χ1) is 8.69. The van der Waals surface area contributed by atoms with Gasteiger partial charge in [0.1, 0.15) is 5.01 Å². The number of hydrogen-bond acceptors (Lipinski definition) is 3. The predicted octanol–water partition coefficient (Wildman–Crippen LogP) is 3.93. The molecular formula is C15H17NOS. The molecule has 2 rings (SSSR count). The molecule has 1 aromatic heterocycles. The first-order valence-electron chi connectivity index (χ1n) is 6.02. The highest BCUT2D eigenvalue weighted by Crippen LogP contribution is 2.19. The van der Waals surface area contributed by atoms with E-state index >= 15 is 0 Å². The van der Waals surface area contributed by atoms with Crippen LogP contribution in [0.15, 0.2) is 29.6 Å². The topological polar surface area (TPSA) is 33.1 Å². The maximum absolute atomic E-state index is 9.08. The average molecular weight is 259 g/mol. The Labute approximate surface area is 112 Å². The van der Waals surface area contributed by atoms with Gasteiger partial charge in [-0.2, -0.15) is 0 Å². The molecule has 94 valence electrons. The first kappa shape index (κ1) is 13.0. The summed E-state index contributed by atoms with van der Waals surface area (Å²) in [6.45, 7) is 4.37. The minimum absolute atomic E-state index is 0.0798. The Kier molecular flexibility index (Phi) is 4.28. The van der Waals surface area contributed by atoms with Crippen LogP contribution in [0.2, 0.25) is 0 Å². The number of hydrogen-bond donors (Lipinski definition) is 1. The van der Waals surface area contributed by atoms with Crippen molar-refractivity contribution in [2.75, 3.05) is 0 Å². The number of nitrogens with zero attached hydrogens (tertiary/aromatic N) is 1. The maximum Gasteiger partial charge on any atom is 0.116 e. The van der Waals surface area contributed by atoms with E-state index in [0.717, 1.165) is 21.8 Å². The highest BCUT2D eigenvalue weighted by molar-refractivity contribution is 7.10. The first-order valence-corrected chi connectivity index (χ1v) is 6.90. The quantitative estimate of drug-likeness (QED) is 0.902. The molecule has 3 heteroatoms. The highest BCUT2D eigenvalue weighted by atomic mass is 32.1. The molecule has 0 saturated heterocycles. The number of thiazole rings is 1. The van der Waals surface area contributed by atoms with Crippen molar-refractivity contribution in [3.8, 4) is 0 Å². The Balaban J connectivity index is 2.13. The van der Waals surface area contributed by atoms with E-state index in [0.29, 0.717) is 5.92 Å². The molecule has 0 saturated carbocycles. The molecule has 2 nitrogen and oxygen atoms in total. The molecule has 1 N–H and O–H groups in total. The Morgan fingerprint density at radius 3 is 2.83 bits per heavy atom. The van der Waals surface area contributed by atoms with E-state index < -0.39 is 0 Å². The second-order valence-electron chi connectivity index (χ2n) is 4.50. The summed E-state index contributed by atoms with van der Waals surface area (Å²) in [6, 6.07) is 7.87. The fraction of sp³-hybridized carbons (Fsp3) is 0.267. The van der Waals surface area contributed by atoms with Crippen molar-refractivity contribution in [1.82, 2.24) is 4.98 Å². The number of aliphatic hydroxyl groups excluding tert-OH is 1. The molecule has 2 aromatic rings. The summed E-state index contributed by atoms with van der Waals surface area (Å²) in [4.78, 5) is 4.55. The van der Waals surface area contributed by atoms with E-state index in [1.165, 1.54) is 0 Å². The van der Waals surface area contributed by atoms with Gasteiger partial charge in [-0.15, -0.1) is 11.3 Å². The van der Waals surface area contributed by atoms with Gasteiger partial charge >= 0.3 is 0 Å². The van der Waals surface area contributed by atoms with Crippen molar-refractivity contribution in [1.29, 1.82) is 0 Å². The minimum Gasteiger partial charge on any atom is -0.392 e. The van der Waals surface area contributed by atoms with E-state index in [2.05, 4.69) is 24.2 Å². The van der Waals surface area contributed by atoms with Gasteiger partial charge in [0, 0.05) is 5.38 Å². The minimum atomic E-state index is 0.0798.